The van der Waals surface area contributed by atoms with Gasteiger partial charge in [0.1, 0.15) is 5.52 Å². The summed E-state index contributed by atoms with van der Waals surface area (Å²) in [5.41, 5.74) is 2.18. The average Bonchev–Trinajstić information content (AvgIpc) is 2.65. The fourth-order valence-electron chi connectivity index (χ4n) is 1.70. The van der Waals surface area contributed by atoms with Crippen molar-refractivity contribution >= 4 is 22.1 Å². The number of oxazole rings is 1. The SMILES string of the molecule is Cc1cc(=O)oc2c1ccc1ncoc12. The van der Waals surface area contributed by atoms with Crippen LogP contribution in [0.1, 0.15) is 5.56 Å². The van der Waals surface area contributed by atoms with E-state index in [1.165, 1.54) is 12.5 Å². The zero-order chi connectivity index (χ0) is 10.4. The molecule has 2 aromatic heterocycles. The first-order chi connectivity index (χ1) is 7.25. The lowest BCUT2D eigenvalue weighted by Gasteiger charge is -1.98. The van der Waals surface area contributed by atoms with Crippen LogP contribution in [0.5, 0.6) is 0 Å². The van der Waals surface area contributed by atoms with E-state index in [1.807, 2.05) is 19.1 Å². The predicted octanol–water partition coefficient (Wildman–Crippen LogP) is 2.24. The third kappa shape index (κ3) is 1.08. The lowest BCUT2D eigenvalue weighted by molar-refractivity contribution is 0.543. The third-order valence-electron chi connectivity index (χ3n) is 2.42. The average molecular weight is 201 g/mol. The first-order valence-electron chi connectivity index (χ1n) is 4.52. The molecule has 0 saturated carbocycles. The van der Waals surface area contributed by atoms with Crippen molar-refractivity contribution in [1.29, 1.82) is 0 Å². The molecule has 0 spiro atoms. The minimum atomic E-state index is -0.371. The highest BCUT2D eigenvalue weighted by atomic mass is 16.4. The Kier molecular flexibility index (Phi) is 1.48. The number of benzene rings is 1. The maximum atomic E-state index is 11.2. The Labute approximate surface area is 84.1 Å². The van der Waals surface area contributed by atoms with Gasteiger partial charge in [0.2, 0.25) is 0 Å². The molecule has 0 saturated heterocycles. The van der Waals surface area contributed by atoms with E-state index in [9.17, 15) is 4.79 Å². The van der Waals surface area contributed by atoms with Gasteiger partial charge >= 0.3 is 5.63 Å². The molecule has 3 aromatic rings. The lowest BCUT2D eigenvalue weighted by Crippen LogP contribution is -1.97. The Morgan fingerprint density at radius 3 is 3.00 bits per heavy atom. The Morgan fingerprint density at radius 1 is 1.27 bits per heavy atom. The number of rotatable bonds is 0. The van der Waals surface area contributed by atoms with Crippen LogP contribution in [0, 0.1) is 6.92 Å². The summed E-state index contributed by atoms with van der Waals surface area (Å²) in [5, 5.41) is 0.874. The van der Waals surface area contributed by atoms with E-state index in [2.05, 4.69) is 4.98 Å². The molecule has 0 N–H and O–H groups in total. The molecular formula is C11H7NO3. The highest BCUT2D eigenvalue weighted by Gasteiger charge is 2.09. The zero-order valence-electron chi connectivity index (χ0n) is 7.98. The van der Waals surface area contributed by atoms with Gasteiger partial charge in [0, 0.05) is 11.5 Å². The minimum Gasteiger partial charge on any atom is -0.439 e. The molecule has 0 aliphatic carbocycles. The summed E-state index contributed by atoms with van der Waals surface area (Å²) >= 11 is 0. The fraction of sp³-hybridized carbons (Fsp3) is 0.0909. The van der Waals surface area contributed by atoms with Gasteiger partial charge in [0.05, 0.1) is 0 Å². The number of aryl methyl sites for hydroxylation is 1. The van der Waals surface area contributed by atoms with Crippen LogP contribution in [-0.2, 0) is 0 Å². The number of nitrogens with zero attached hydrogens (tertiary/aromatic N) is 1. The molecule has 0 unspecified atom stereocenters. The summed E-state index contributed by atoms with van der Waals surface area (Å²) in [4.78, 5) is 15.2. The summed E-state index contributed by atoms with van der Waals surface area (Å²) in [6, 6.07) is 5.18. The van der Waals surface area contributed by atoms with Crippen LogP contribution in [0.25, 0.3) is 22.1 Å². The fourth-order valence-corrected chi connectivity index (χ4v) is 1.70. The van der Waals surface area contributed by atoms with Crippen LogP contribution in [0.15, 0.2) is 38.2 Å². The second-order valence-corrected chi connectivity index (χ2v) is 3.39. The van der Waals surface area contributed by atoms with E-state index in [0.717, 1.165) is 10.9 Å². The highest BCUT2D eigenvalue weighted by molar-refractivity contribution is 5.99. The molecule has 2 heterocycles. The van der Waals surface area contributed by atoms with E-state index in [-0.39, 0.29) is 5.63 Å². The molecule has 0 fully saturated rings. The molecule has 1 aromatic carbocycles. The third-order valence-corrected chi connectivity index (χ3v) is 2.42. The molecular weight excluding hydrogens is 194 g/mol. The van der Waals surface area contributed by atoms with Crippen LogP contribution < -0.4 is 5.63 Å². The molecule has 3 rings (SSSR count). The number of hydrogen-bond donors (Lipinski definition) is 0. The Bertz CT molecular complexity index is 708. The van der Waals surface area contributed by atoms with Crippen LogP contribution in [0.3, 0.4) is 0 Å². The maximum Gasteiger partial charge on any atom is 0.336 e. The van der Waals surface area contributed by atoms with Crippen molar-refractivity contribution in [2.45, 2.75) is 6.92 Å². The number of fused-ring (bicyclic) bond motifs is 3. The van der Waals surface area contributed by atoms with Gasteiger partial charge in [-0.15, -0.1) is 0 Å². The molecule has 0 atom stereocenters. The second kappa shape index (κ2) is 2.70. The minimum absolute atomic E-state index is 0.371. The first kappa shape index (κ1) is 8.23. The maximum absolute atomic E-state index is 11.2. The molecule has 15 heavy (non-hydrogen) atoms. The molecule has 4 nitrogen and oxygen atoms in total. The molecule has 74 valence electrons. The molecule has 0 amide bonds. The van der Waals surface area contributed by atoms with Gasteiger partial charge in [-0.25, -0.2) is 9.78 Å². The molecule has 0 radical (unpaired) electrons. The van der Waals surface area contributed by atoms with Gasteiger partial charge in [0.25, 0.3) is 0 Å². The van der Waals surface area contributed by atoms with E-state index in [1.54, 1.807) is 0 Å². The van der Waals surface area contributed by atoms with Crippen molar-refractivity contribution in [3.8, 4) is 0 Å². The summed E-state index contributed by atoms with van der Waals surface area (Å²) < 4.78 is 10.3. The Morgan fingerprint density at radius 2 is 2.13 bits per heavy atom. The molecule has 0 aliphatic heterocycles. The summed E-state index contributed by atoms with van der Waals surface area (Å²) in [6.07, 6.45) is 1.34. The van der Waals surface area contributed by atoms with E-state index in [4.69, 9.17) is 8.83 Å². The lowest BCUT2D eigenvalue weighted by atomic mass is 10.1. The topological polar surface area (TPSA) is 56.2 Å². The largest absolute Gasteiger partial charge is 0.439 e. The number of hydrogen-bond acceptors (Lipinski definition) is 4. The van der Waals surface area contributed by atoms with Crippen molar-refractivity contribution in [1.82, 2.24) is 4.98 Å². The Balaban J connectivity index is 2.67. The van der Waals surface area contributed by atoms with Crippen molar-refractivity contribution in [3.63, 3.8) is 0 Å². The Hall–Kier alpha value is -2.10. The van der Waals surface area contributed by atoms with Crippen molar-refractivity contribution in [3.05, 3.63) is 40.6 Å². The normalized spacial score (nSPS) is 11.3. The smallest absolute Gasteiger partial charge is 0.336 e. The summed E-state index contributed by atoms with van der Waals surface area (Å²) in [7, 11) is 0. The number of aromatic nitrogens is 1. The van der Waals surface area contributed by atoms with Crippen LogP contribution >= 0.6 is 0 Å². The van der Waals surface area contributed by atoms with Crippen LogP contribution in [0.2, 0.25) is 0 Å². The second-order valence-electron chi connectivity index (χ2n) is 3.39. The first-order valence-corrected chi connectivity index (χ1v) is 4.52. The van der Waals surface area contributed by atoms with Gasteiger partial charge in [-0.3, -0.25) is 0 Å². The van der Waals surface area contributed by atoms with Crippen molar-refractivity contribution < 1.29 is 8.83 Å². The molecule has 0 bridgehead atoms. The predicted molar refractivity (Wildman–Crippen MR) is 54.8 cm³/mol. The van der Waals surface area contributed by atoms with Crippen LogP contribution in [0.4, 0.5) is 0 Å². The molecule has 0 aliphatic rings. The van der Waals surface area contributed by atoms with Crippen molar-refractivity contribution in [2.24, 2.45) is 0 Å². The van der Waals surface area contributed by atoms with Gasteiger partial charge in [-0.2, -0.15) is 0 Å². The highest BCUT2D eigenvalue weighted by Crippen LogP contribution is 2.25. The van der Waals surface area contributed by atoms with Gasteiger partial charge < -0.3 is 8.83 Å². The van der Waals surface area contributed by atoms with Gasteiger partial charge in [0.15, 0.2) is 17.6 Å². The zero-order valence-corrected chi connectivity index (χ0v) is 7.98. The van der Waals surface area contributed by atoms with Gasteiger partial charge in [-0.05, 0) is 24.6 Å². The van der Waals surface area contributed by atoms with E-state index >= 15 is 0 Å². The van der Waals surface area contributed by atoms with E-state index in [0.29, 0.717) is 16.7 Å². The molecule has 4 heteroatoms. The van der Waals surface area contributed by atoms with Crippen molar-refractivity contribution in [2.75, 3.05) is 0 Å². The standard InChI is InChI=1S/C11H7NO3/c1-6-4-9(13)15-10-7(6)2-3-8-11(10)14-5-12-8/h2-5H,1H3. The monoisotopic (exact) mass is 201 g/mol. The van der Waals surface area contributed by atoms with Gasteiger partial charge in [-0.1, -0.05) is 0 Å². The summed E-state index contributed by atoms with van der Waals surface area (Å²) in [5.74, 6) is 0. The van der Waals surface area contributed by atoms with Crippen LogP contribution in [-0.4, -0.2) is 4.98 Å². The van der Waals surface area contributed by atoms with E-state index < -0.39 is 0 Å². The summed E-state index contributed by atoms with van der Waals surface area (Å²) in [6.45, 7) is 1.86. The quantitative estimate of drug-likeness (QED) is 0.523.